The van der Waals surface area contributed by atoms with Gasteiger partial charge in [-0.25, -0.2) is 4.79 Å². The molecule has 0 aliphatic rings. The van der Waals surface area contributed by atoms with Gasteiger partial charge in [-0.15, -0.1) is 0 Å². The number of carboxylic acid groups (broad SMARTS) is 1. The quantitative estimate of drug-likeness (QED) is 0.456. The van der Waals surface area contributed by atoms with Gasteiger partial charge in [0, 0.05) is 3.57 Å². The number of halogens is 1. The van der Waals surface area contributed by atoms with Crippen LogP contribution in [0, 0.1) is 8.99 Å². The topological polar surface area (TPSA) is 112 Å². The lowest BCUT2D eigenvalue weighted by Crippen LogP contribution is -2.43. The fourth-order valence-corrected chi connectivity index (χ4v) is 3.61. The summed E-state index contributed by atoms with van der Waals surface area (Å²) in [6.45, 7) is 3.10. The molecule has 146 valence electrons. The smallest absolute Gasteiger partial charge is 0.417 e. The molecule has 0 radical (unpaired) electrons. The van der Waals surface area contributed by atoms with Crippen molar-refractivity contribution in [3.05, 3.63) is 67.7 Å². The van der Waals surface area contributed by atoms with Gasteiger partial charge in [-0.3, -0.25) is 14.6 Å². The van der Waals surface area contributed by atoms with Gasteiger partial charge >= 0.3 is 11.7 Å². The van der Waals surface area contributed by atoms with Gasteiger partial charge in [-0.1, -0.05) is 18.2 Å². The molecule has 1 aromatic heterocycles. The van der Waals surface area contributed by atoms with Gasteiger partial charge in [0.2, 0.25) is 5.91 Å². The van der Waals surface area contributed by atoms with Crippen LogP contribution in [0.4, 0.5) is 0 Å². The largest absolute Gasteiger partial charge is 0.481 e. The first kappa shape index (κ1) is 20.1. The van der Waals surface area contributed by atoms with Crippen LogP contribution in [0.15, 0.2) is 51.7 Å². The highest BCUT2D eigenvalue weighted by Gasteiger charge is 2.39. The molecule has 3 rings (SSSR count). The zero-order chi connectivity index (χ0) is 20.5. The Labute approximate surface area is 174 Å². The van der Waals surface area contributed by atoms with E-state index in [9.17, 15) is 19.5 Å². The van der Waals surface area contributed by atoms with E-state index >= 15 is 0 Å². The molecule has 1 atom stereocenters. The summed E-state index contributed by atoms with van der Waals surface area (Å²) in [6, 6.07) is 11.6. The Morgan fingerprint density at radius 1 is 1.25 bits per heavy atom. The number of aromatic nitrogens is 1. The number of aromatic amines is 1. The summed E-state index contributed by atoms with van der Waals surface area (Å²) >= 11 is 2.17. The van der Waals surface area contributed by atoms with Gasteiger partial charge in [0.1, 0.15) is 0 Å². The summed E-state index contributed by atoms with van der Waals surface area (Å²) < 4.78 is 6.01. The van der Waals surface area contributed by atoms with Crippen molar-refractivity contribution in [1.82, 2.24) is 10.3 Å². The maximum Gasteiger partial charge on any atom is 0.417 e. The number of rotatable bonds is 6. The van der Waals surface area contributed by atoms with Crippen molar-refractivity contribution in [1.29, 1.82) is 0 Å². The van der Waals surface area contributed by atoms with Crippen LogP contribution in [0.5, 0.6) is 0 Å². The lowest BCUT2D eigenvalue weighted by atomic mass is 9.80. The SMILES string of the molecule is CC(C)(C(=O)O)[C@H](NC(=O)Cc1cccc(I)c1)c1ccc2oc(=O)[nH]c2c1. The van der Waals surface area contributed by atoms with Gasteiger partial charge in [0.15, 0.2) is 5.58 Å². The Kier molecular flexibility index (Phi) is 5.59. The Bertz CT molecular complexity index is 1100. The standard InChI is InChI=1S/C20H19IN2O5/c1-20(2,18(25)26)17(12-6-7-15-14(10-12)22-19(27)28-15)23-16(24)9-11-4-3-5-13(21)8-11/h3-8,10,17H,9H2,1-2H3,(H,22,27)(H,23,24)(H,25,26)/t17-/m1/s1. The molecule has 1 heterocycles. The molecular weight excluding hydrogens is 475 g/mol. The molecule has 0 saturated carbocycles. The Hall–Kier alpha value is -2.62. The minimum absolute atomic E-state index is 0.133. The van der Waals surface area contributed by atoms with Gasteiger partial charge in [0.05, 0.1) is 23.4 Å². The molecule has 0 fully saturated rings. The van der Waals surface area contributed by atoms with Crippen molar-refractivity contribution >= 4 is 45.6 Å². The van der Waals surface area contributed by atoms with E-state index in [0.717, 1.165) is 9.13 Å². The highest BCUT2D eigenvalue weighted by molar-refractivity contribution is 14.1. The van der Waals surface area contributed by atoms with Crippen LogP contribution in [-0.2, 0) is 16.0 Å². The Morgan fingerprint density at radius 3 is 2.68 bits per heavy atom. The van der Waals surface area contributed by atoms with Crippen LogP contribution in [0.25, 0.3) is 11.1 Å². The molecule has 0 unspecified atom stereocenters. The first-order valence-corrected chi connectivity index (χ1v) is 9.64. The number of oxazole rings is 1. The molecule has 0 aliphatic heterocycles. The number of hydrogen-bond donors (Lipinski definition) is 3. The predicted octanol–water partition coefficient (Wildman–Crippen LogP) is 3.24. The van der Waals surface area contributed by atoms with Crippen molar-refractivity contribution < 1.29 is 19.1 Å². The van der Waals surface area contributed by atoms with Crippen LogP contribution >= 0.6 is 22.6 Å². The van der Waals surface area contributed by atoms with E-state index in [4.69, 9.17) is 4.42 Å². The molecule has 0 spiro atoms. The van der Waals surface area contributed by atoms with E-state index in [2.05, 4.69) is 32.9 Å². The van der Waals surface area contributed by atoms with E-state index in [1.807, 2.05) is 24.3 Å². The number of carboxylic acids is 1. The van der Waals surface area contributed by atoms with E-state index in [0.29, 0.717) is 16.7 Å². The van der Waals surface area contributed by atoms with Crippen molar-refractivity contribution in [2.75, 3.05) is 0 Å². The second-order valence-corrected chi connectivity index (χ2v) is 8.35. The second kappa shape index (κ2) is 7.78. The minimum atomic E-state index is -1.28. The lowest BCUT2D eigenvalue weighted by Gasteiger charge is -2.31. The van der Waals surface area contributed by atoms with Crippen molar-refractivity contribution in [2.24, 2.45) is 5.41 Å². The Balaban J connectivity index is 1.93. The first-order chi connectivity index (χ1) is 13.2. The summed E-state index contributed by atoms with van der Waals surface area (Å²) in [7, 11) is 0. The van der Waals surface area contributed by atoms with Crippen molar-refractivity contribution in [3.8, 4) is 0 Å². The number of fused-ring (bicyclic) bond motifs is 1. The second-order valence-electron chi connectivity index (χ2n) is 7.10. The maximum absolute atomic E-state index is 12.7. The molecule has 3 N–H and O–H groups in total. The van der Waals surface area contributed by atoms with Gasteiger partial charge in [-0.2, -0.15) is 0 Å². The highest BCUT2D eigenvalue weighted by atomic mass is 127. The van der Waals surface area contributed by atoms with Gasteiger partial charge in [0.25, 0.3) is 0 Å². The van der Waals surface area contributed by atoms with Crippen LogP contribution < -0.4 is 11.1 Å². The van der Waals surface area contributed by atoms with Gasteiger partial charge in [-0.05, 0) is 71.8 Å². The normalized spacial score (nSPS) is 12.7. The number of nitrogens with one attached hydrogen (secondary N) is 2. The number of carbonyl (C=O) groups excluding carboxylic acids is 1. The molecule has 0 saturated heterocycles. The first-order valence-electron chi connectivity index (χ1n) is 8.57. The third-order valence-electron chi connectivity index (χ3n) is 4.61. The summed E-state index contributed by atoms with van der Waals surface area (Å²) in [6.07, 6.45) is 0.133. The van der Waals surface area contributed by atoms with Crippen LogP contribution in [0.2, 0.25) is 0 Å². The summed E-state index contributed by atoms with van der Waals surface area (Å²) in [5, 5.41) is 12.6. The van der Waals surface area contributed by atoms with Crippen LogP contribution in [-0.4, -0.2) is 22.0 Å². The molecule has 28 heavy (non-hydrogen) atoms. The fourth-order valence-electron chi connectivity index (χ4n) is 3.00. The third kappa shape index (κ3) is 4.27. The van der Waals surface area contributed by atoms with E-state index in [-0.39, 0.29) is 12.3 Å². The van der Waals surface area contributed by atoms with Crippen molar-refractivity contribution in [2.45, 2.75) is 26.3 Å². The lowest BCUT2D eigenvalue weighted by molar-refractivity contribution is -0.149. The monoisotopic (exact) mass is 494 g/mol. The number of hydrogen-bond acceptors (Lipinski definition) is 4. The summed E-state index contributed by atoms with van der Waals surface area (Å²) in [5.41, 5.74) is 0.934. The highest BCUT2D eigenvalue weighted by Crippen LogP contribution is 2.35. The van der Waals surface area contributed by atoms with Crippen LogP contribution in [0.3, 0.4) is 0 Å². The number of H-pyrrole nitrogens is 1. The number of carbonyl (C=O) groups is 2. The Morgan fingerprint density at radius 2 is 2.00 bits per heavy atom. The molecule has 7 nitrogen and oxygen atoms in total. The molecule has 0 bridgehead atoms. The minimum Gasteiger partial charge on any atom is -0.481 e. The molecule has 0 aliphatic carbocycles. The number of aliphatic carboxylic acids is 1. The molecular formula is C20H19IN2O5. The van der Waals surface area contributed by atoms with Gasteiger partial charge < -0.3 is 14.8 Å². The summed E-state index contributed by atoms with van der Waals surface area (Å²) in [5.74, 6) is -1.93. The average Bonchev–Trinajstić information content (AvgIpc) is 2.98. The molecule has 2 aromatic carbocycles. The number of amides is 1. The predicted molar refractivity (Wildman–Crippen MR) is 112 cm³/mol. The zero-order valence-corrected chi connectivity index (χ0v) is 17.4. The molecule has 8 heteroatoms. The summed E-state index contributed by atoms with van der Waals surface area (Å²) in [4.78, 5) is 38.5. The average molecular weight is 494 g/mol. The molecule has 3 aromatic rings. The van der Waals surface area contributed by atoms with E-state index in [1.165, 1.54) is 0 Å². The van der Waals surface area contributed by atoms with E-state index in [1.54, 1.807) is 32.0 Å². The maximum atomic E-state index is 12.7. The number of benzene rings is 2. The third-order valence-corrected chi connectivity index (χ3v) is 5.28. The zero-order valence-electron chi connectivity index (χ0n) is 15.3. The fraction of sp³-hybridized carbons (Fsp3) is 0.250. The molecule has 1 amide bonds. The van der Waals surface area contributed by atoms with E-state index < -0.39 is 23.2 Å². The van der Waals surface area contributed by atoms with Crippen LogP contribution in [0.1, 0.15) is 31.0 Å². The van der Waals surface area contributed by atoms with Crippen molar-refractivity contribution in [3.63, 3.8) is 0 Å².